The van der Waals surface area contributed by atoms with Crippen LogP contribution in [0.15, 0.2) is 18.2 Å². The highest BCUT2D eigenvalue weighted by molar-refractivity contribution is 6.26. The first-order valence-corrected chi connectivity index (χ1v) is 18.7. The molecule has 55 heavy (non-hydrogen) atoms. The van der Waals surface area contributed by atoms with Gasteiger partial charge in [0.15, 0.2) is 0 Å². The number of amides is 5. The molecule has 2 N–H and O–H groups in total. The van der Waals surface area contributed by atoms with Gasteiger partial charge in [-0.25, -0.2) is 0 Å². The smallest absolute Gasteiger partial charge is 0.302 e. The first kappa shape index (κ1) is 45.5. The number of esters is 1. The fraction of sp³-hybridized carbons (Fsp3) is 0.676. The summed E-state index contributed by atoms with van der Waals surface area (Å²) in [7, 11) is 0. The van der Waals surface area contributed by atoms with E-state index in [0.29, 0.717) is 112 Å². The molecule has 3 rings (SSSR count). The molecule has 1 atom stereocenters. The van der Waals surface area contributed by atoms with Gasteiger partial charge in [-0.15, -0.1) is 0 Å². The fourth-order valence-corrected chi connectivity index (χ4v) is 5.38. The number of unbranched alkanes of at least 4 members (excludes halogenated alkanes) is 2. The average Bonchev–Trinajstić information content (AvgIpc) is 3.41. The number of rotatable bonds is 32. The van der Waals surface area contributed by atoms with E-state index in [-0.39, 0.29) is 54.6 Å². The molecule has 0 spiro atoms. The molecule has 308 valence electrons. The number of imide groups is 2. The van der Waals surface area contributed by atoms with E-state index >= 15 is 0 Å². The molecule has 18 nitrogen and oxygen atoms in total. The van der Waals surface area contributed by atoms with Crippen LogP contribution in [-0.2, 0) is 61.8 Å². The zero-order chi connectivity index (χ0) is 39.5. The lowest BCUT2D eigenvalue weighted by atomic mass is 10.0. The van der Waals surface area contributed by atoms with Crippen LogP contribution in [0.1, 0.15) is 66.2 Å². The van der Waals surface area contributed by atoms with Crippen LogP contribution in [0.5, 0.6) is 0 Å². The fourth-order valence-electron chi connectivity index (χ4n) is 5.38. The van der Waals surface area contributed by atoms with E-state index < -0.39 is 29.7 Å². The van der Waals surface area contributed by atoms with Gasteiger partial charge in [-0.05, 0) is 31.4 Å². The molecule has 2 aliphatic heterocycles. The summed E-state index contributed by atoms with van der Waals surface area (Å²) in [5.41, 5.74) is 0.374. The number of carbonyl (C=O) groups is 6. The number of benzene rings is 1. The lowest BCUT2D eigenvalue weighted by Crippen LogP contribution is -2.54. The van der Waals surface area contributed by atoms with Crippen molar-refractivity contribution in [3.05, 3.63) is 29.3 Å². The number of nitrogens with one attached hydrogen (secondary N) is 2. The van der Waals surface area contributed by atoms with Crippen molar-refractivity contribution in [1.29, 1.82) is 0 Å². The monoisotopic (exact) mass is 781 g/mol. The summed E-state index contributed by atoms with van der Waals surface area (Å²) in [6, 6.07) is 3.52. The van der Waals surface area contributed by atoms with Crippen molar-refractivity contribution >= 4 is 41.2 Å². The summed E-state index contributed by atoms with van der Waals surface area (Å²) >= 11 is 0. The molecular formula is C37H55N3O15. The van der Waals surface area contributed by atoms with Gasteiger partial charge in [-0.2, -0.15) is 0 Å². The summed E-state index contributed by atoms with van der Waals surface area (Å²) in [4.78, 5) is 74.1. The van der Waals surface area contributed by atoms with Gasteiger partial charge < -0.3 is 47.9 Å². The second-order valence-electron chi connectivity index (χ2n) is 12.3. The number of hydrogen-bond acceptors (Lipinski definition) is 15. The van der Waals surface area contributed by atoms with E-state index in [0.717, 1.165) is 17.7 Å². The Morgan fingerprint density at radius 1 is 0.655 bits per heavy atom. The van der Waals surface area contributed by atoms with E-state index in [9.17, 15) is 28.8 Å². The second kappa shape index (κ2) is 27.7. The van der Waals surface area contributed by atoms with Crippen LogP contribution in [0, 0.1) is 0 Å². The standard InChI is InChI=1S/C37H55N3O15/c1-28(41)55-27-26-54-25-24-53-23-22-52-21-20-51-19-18-50-17-16-49-15-14-48-13-12-47-11-4-2-3-8-32(42)38-30-7-5-6-29-34(30)37(46)40(36(29)45)31-9-10-33(43)39-35(31)44/h5-7,31H,2-4,8-27H2,1H3,(H,38,42)(H,39,43,44). The van der Waals surface area contributed by atoms with E-state index in [1.165, 1.54) is 13.0 Å². The Hall–Kier alpha value is -3.88. The third-order valence-corrected chi connectivity index (χ3v) is 8.07. The maximum Gasteiger partial charge on any atom is 0.302 e. The van der Waals surface area contributed by atoms with Crippen molar-refractivity contribution in [1.82, 2.24) is 10.2 Å². The second-order valence-corrected chi connectivity index (χ2v) is 12.3. The summed E-state index contributed by atoms with van der Waals surface area (Å²) in [6.07, 6.45) is 2.43. The summed E-state index contributed by atoms with van der Waals surface area (Å²) in [5.74, 6) is -3.05. The van der Waals surface area contributed by atoms with Gasteiger partial charge in [-0.1, -0.05) is 12.5 Å². The highest BCUT2D eigenvalue weighted by atomic mass is 16.6. The van der Waals surface area contributed by atoms with Crippen molar-refractivity contribution in [2.75, 3.05) is 118 Å². The number of anilines is 1. The summed E-state index contributed by atoms with van der Waals surface area (Å²) < 4.78 is 48.3. The molecule has 0 aliphatic carbocycles. The number of fused-ring (bicyclic) bond motifs is 1. The number of ether oxygens (including phenoxy) is 9. The Kier molecular flexibility index (Phi) is 22.9. The molecule has 0 bridgehead atoms. The normalized spacial score (nSPS) is 15.4. The molecule has 0 aromatic heterocycles. The maximum atomic E-state index is 13.2. The first-order valence-electron chi connectivity index (χ1n) is 18.7. The highest BCUT2D eigenvalue weighted by Crippen LogP contribution is 2.32. The predicted molar refractivity (Wildman–Crippen MR) is 193 cm³/mol. The average molecular weight is 782 g/mol. The molecule has 1 fully saturated rings. The molecule has 1 aromatic carbocycles. The van der Waals surface area contributed by atoms with Gasteiger partial charge >= 0.3 is 5.97 Å². The SMILES string of the molecule is CC(=O)OCCOCCOCCOCCOCCOCCOCCOCCOCCCCCC(=O)Nc1cccc2c1C(=O)N(C1CCC(=O)NC1=O)C2=O. The zero-order valence-corrected chi connectivity index (χ0v) is 31.6. The number of nitrogens with zero attached hydrogens (tertiary/aromatic N) is 1. The Balaban J connectivity index is 1.05. The molecule has 5 amide bonds. The Morgan fingerprint density at radius 3 is 1.64 bits per heavy atom. The predicted octanol–water partition coefficient (Wildman–Crippen LogP) is 1.28. The molecule has 2 heterocycles. The Morgan fingerprint density at radius 2 is 1.15 bits per heavy atom. The topological polar surface area (TPSA) is 213 Å². The summed E-state index contributed by atoms with van der Waals surface area (Å²) in [6.45, 7) is 8.78. The maximum absolute atomic E-state index is 13.2. The number of piperidine rings is 1. The van der Waals surface area contributed by atoms with Crippen molar-refractivity contribution in [3.63, 3.8) is 0 Å². The molecular weight excluding hydrogens is 726 g/mol. The minimum atomic E-state index is -1.07. The molecule has 0 radical (unpaired) electrons. The van der Waals surface area contributed by atoms with E-state index in [1.54, 1.807) is 12.1 Å². The molecule has 2 aliphatic rings. The van der Waals surface area contributed by atoms with Gasteiger partial charge in [0.05, 0.1) is 116 Å². The minimum absolute atomic E-state index is 0.0265. The lowest BCUT2D eigenvalue weighted by Gasteiger charge is -2.27. The van der Waals surface area contributed by atoms with Gasteiger partial charge in [0.25, 0.3) is 11.8 Å². The van der Waals surface area contributed by atoms with Crippen LogP contribution in [0.25, 0.3) is 0 Å². The zero-order valence-electron chi connectivity index (χ0n) is 31.6. The summed E-state index contributed by atoms with van der Waals surface area (Å²) in [5, 5.41) is 4.90. The van der Waals surface area contributed by atoms with E-state index in [1.807, 2.05) is 0 Å². The van der Waals surface area contributed by atoms with Crippen LogP contribution in [0.3, 0.4) is 0 Å². The molecule has 1 unspecified atom stereocenters. The van der Waals surface area contributed by atoms with E-state index in [2.05, 4.69) is 10.6 Å². The van der Waals surface area contributed by atoms with Gasteiger partial charge in [0.2, 0.25) is 17.7 Å². The lowest BCUT2D eigenvalue weighted by molar-refractivity contribution is -0.142. The van der Waals surface area contributed by atoms with Gasteiger partial charge in [0, 0.05) is 26.4 Å². The highest BCUT2D eigenvalue weighted by Gasteiger charge is 2.45. The van der Waals surface area contributed by atoms with Crippen LogP contribution in [0.4, 0.5) is 5.69 Å². The van der Waals surface area contributed by atoms with Crippen LogP contribution < -0.4 is 10.6 Å². The Bertz CT molecular complexity index is 1360. The molecule has 1 saturated heterocycles. The van der Waals surface area contributed by atoms with Crippen molar-refractivity contribution in [3.8, 4) is 0 Å². The first-order chi connectivity index (χ1) is 26.8. The van der Waals surface area contributed by atoms with Crippen LogP contribution in [-0.4, -0.2) is 159 Å². The van der Waals surface area contributed by atoms with Crippen LogP contribution >= 0.6 is 0 Å². The third kappa shape index (κ3) is 18.1. The largest absolute Gasteiger partial charge is 0.463 e. The molecule has 18 heteroatoms. The number of carbonyl (C=O) groups excluding carboxylic acids is 6. The van der Waals surface area contributed by atoms with E-state index in [4.69, 9.17) is 42.6 Å². The van der Waals surface area contributed by atoms with Crippen molar-refractivity contribution in [2.45, 2.75) is 51.5 Å². The quantitative estimate of drug-likeness (QED) is 0.0599. The Labute approximate surface area is 321 Å². The minimum Gasteiger partial charge on any atom is -0.463 e. The number of hydrogen-bond donors (Lipinski definition) is 2. The molecule has 1 aromatic rings. The third-order valence-electron chi connectivity index (χ3n) is 8.07. The van der Waals surface area contributed by atoms with Crippen LogP contribution in [0.2, 0.25) is 0 Å². The van der Waals surface area contributed by atoms with Gasteiger partial charge in [0.1, 0.15) is 12.6 Å². The van der Waals surface area contributed by atoms with Gasteiger partial charge in [-0.3, -0.25) is 39.0 Å². The van der Waals surface area contributed by atoms with Crippen molar-refractivity contribution in [2.24, 2.45) is 0 Å². The molecule has 0 saturated carbocycles. The van der Waals surface area contributed by atoms with Crippen molar-refractivity contribution < 1.29 is 71.4 Å².